The summed E-state index contributed by atoms with van der Waals surface area (Å²) in [5, 5.41) is 2.82. The first-order valence-electron chi connectivity index (χ1n) is 7.61. The van der Waals surface area contributed by atoms with Gasteiger partial charge in [0.2, 0.25) is 5.91 Å². The van der Waals surface area contributed by atoms with Crippen LogP contribution in [0.5, 0.6) is 0 Å². The smallest absolute Gasteiger partial charge is 0.257 e. The third-order valence-electron chi connectivity index (χ3n) is 3.40. The van der Waals surface area contributed by atoms with E-state index in [2.05, 4.69) is 5.32 Å². The zero-order chi connectivity index (χ0) is 16.5. The summed E-state index contributed by atoms with van der Waals surface area (Å²) in [4.78, 5) is 25.8. The number of aryl methyl sites for hydroxylation is 2. The van der Waals surface area contributed by atoms with Crippen molar-refractivity contribution in [2.75, 3.05) is 33.4 Å². The summed E-state index contributed by atoms with van der Waals surface area (Å²) in [6, 6.07) is 1.74. The highest BCUT2D eigenvalue weighted by molar-refractivity contribution is 5.95. The Morgan fingerprint density at radius 1 is 1.36 bits per heavy atom. The highest BCUT2D eigenvalue weighted by Crippen LogP contribution is 2.16. The lowest BCUT2D eigenvalue weighted by Crippen LogP contribution is -2.35. The molecule has 0 spiro atoms. The van der Waals surface area contributed by atoms with Crippen molar-refractivity contribution < 1.29 is 18.7 Å². The molecule has 1 rings (SSSR count). The number of methoxy groups -OCH3 is 1. The van der Waals surface area contributed by atoms with E-state index in [1.165, 1.54) is 0 Å². The highest BCUT2D eigenvalue weighted by atomic mass is 16.5. The molecular weight excluding hydrogens is 284 g/mol. The largest absolute Gasteiger partial charge is 0.466 e. The number of nitrogens with one attached hydrogen (secondary N) is 1. The van der Waals surface area contributed by atoms with E-state index in [0.29, 0.717) is 49.7 Å². The van der Waals surface area contributed by atoms with Crippen molar-refractivity contribution >= 4 is 11.8 Å². The van der Waals surface area contributed by atoms with Gasteiger partial charge in [-0.1, -0.05) is 0 Å². The second-order valence-corrected chi connectivity index (χ2v) is 5.16. The first kappa shape index (κ1) is 18.2. The van der Waals surface area contributed by atoms with Crippen molar-refractivity contribution in [2.45, 2.75) is 33.6 Å². The van der Waals surface area contributed by atoms with Gasteiger partial charge in [0.1, 0.15) is 11.5 Å². The van der Waals surface area contributed by atoms with Gasteiger partial charge in [-0.05, 0) is 33.3 Å². The molecule has 1 N–H and O–H groups in total. The lowest BCUT2D eigenvalue weighted by molar-refractivity contribution is -0.121. The van der Waals surface area contributed by atoms with E-state index in [-0.39, 0.29) is 11.8 Å². The Bertz CT molecular complexity index is 496. The number of carbonyl (C=O) groups is 2. The molecule has 124 valence electrons. The standard InChI is InChI=1S/C16H26N2O4/c1-5-18(9-7-15(19)17-8-6-10-21-4)16(20)14-11-12(2)22-13(14)3/h11H,5-10H2,1-4H3,(H,17,19). The van der Waals surface area contributed by atoms with Crippen molar-refractivity contribution in [3.05, 3.63) is 23.2 Å². The normalized spacial score (nSPS) is 10.5. The fourth-order valence-corrected chi connectivity index (χ4v) is 2.19. The summed E-state index contributed by atoms with van der Waals surface area (Å²) < 4.78 is 10.3. The van der Waals surface area contributed by atoms with Crippen LogP contribution in [-0.4, -0.2) is 50.1 Å². The lowest BCUT2D eigenvalue weighted by atomic mass is 10.2. The maximum Gasteiger partial charge on any atom is 0.257 e. The number of rotatable bonds is 9. The van der Waals surface area contributed by atoms with Crippen LogP contribution in [0.25, 0.3) is 0 Å². The minimum atomic E-state index is -0.0935. The van der Waals surface area contributed by atoms with Gasteiger partial charge in [-0.15, -0.1) is 0 Å². The summed E-state index contributed by atoms with van der Waals surface area (Å²) in [5.41, 5.74) is 0.569. The Labute approximate surface area is 131 Å². The number of ether oxygens (including phenoxy) is 1. The average molecular weight is 310 g/mol. The number of hydrogen-bond acceptors (Lipinski definition) is 4. The van der Waals surface area contributed by atoms with Gasteiger partial charge in [0.05, 0.1) is 5.56 Å². The van der Waals surface area contributed by atoms with Crippen LogP contribution in [0.1, 0.15) is 41.6 Å². The van der Waals surface area contributed by atoms with E-state index in [4.69, 9.17) is 9.15 Å². The number of amides is 2. The van der Waals surface area contributed by atoms with Crippen molar-refractivity contribution in [1.29, 1.82) is 0 Å². The van der Waals surface area contributed by atoms with Gasteiger partial charge in [-0.25, -0.2) is 0 Å². The van der Waals surface area contributed by atoms with Crippen molar-refractivity contribution in [3.8, 4) is 0 Å². The topological polar surface area (TPSA) is 71.8 Å². The molecule has 6 heteroatoms. The zero-order valence-electron chi connectivity index (χ0n) is 13.9. The monoisotopic (exact) mass is 310 g/mol. The van der Waals surface area contributed by atoms with E-state index in [1.807, 2.05) is 13.8 Å². The number of furan rings is 1. The fourth-order valence-electron chi connectivity index (χ4n) is 2.19. The Kier molecular flexibility index (Phi) is 7.66. The molecule has 0 bridgehead atoms. The minimum Gasteiger partial charge on any atom is -0.466 e. The summed E-state index contributed by atoms with van der Waals surface area (Å²) in [6.45, 7) is 7.65. The maximum atomic E-state index is 12.4. The van der Waals surface area contributed by atoms with E-state index >= 15 is 0 Å². The van der Waals surface area contributed by atoms with Crippen molar-refractivity contribution in [2.24, 2.45) is 0 Å². The Hall–Kier alpha value is -1.82. The molecule has 0 fully saturated rings. The van der Waals surface area contributed by atoms with Crippen molar-refractivity contribution in [3.63, 3.8) is 0 Å². The fraction of sp³-hybridized carbons (Fsp3) is 0.625. The van der Waals surface area contributed by atoms with Crippen LogP contribution < -0.4 is 5.32 Å². The van der Waals surface area contributed by atoms with Crippen LogP contribution in [0.3, 0.4) is 0 Å². The molecule has 0 unspecified atom stereocenters. The van der Waals surface area contributed by atoms with E-state index in [1.54, 1.807) is 25.0 Å². The van der Waals surface area contributed by atoms with Gasteiger partial charge >= 0.3 is 0 Å². The van der Waals surface area contributed by atoms with Crippen molar-refractivity contribution in [1.82, 2.24) is 10.2 Å². The summed E-state index contributed by atoms with van der Waals surface area (Å²) >= 11 is 0. The molecule has 0 radical (unpaired) electrons. The minimum absolute atomic E-state index is 0.0533. The van der Waals surface area contributed by atoms with E-state index < -0.39 is 0 Å². The molecule has 0 aliphatic carbocycles. The number of hydrogen-bond donors (Lipinski definition) is 1. The SMILES string of the molecule is CCN(CCC(=O)NCCCOC)C(=O)c1cc(C)oc1C. The molecular formula is C16H26N2O4. The van der Waals surface area contributed by atoms with Gasteiger partial charge in [0.15, 0.2) is 0 Å². The second kappa shape index (κ2) is 9.25. The molecule has 1 heterocycles. The van der Waals surface area contributed by atoms with Gasteiger partial charge in [0, 0.05) is 39.8 Å². The molecule has 22 heavy (non-hydrogen) atoms. The van der Waals surface area contributed by atoms with Crippen LogP contribution in [0.15, 0.2) is 10.5 Å². The maximum absolute atomic E-state index is 12.4. The molecule has 1 aromatic rings. The summed E-state index contributed by atoms with van der Waals surface area (Å²) in [6.07, 6.45) is 1.08. The molecule has 0 saturated heterocycles. The van der Waals surface area contributed by atoms with E-state index in [0.717, 1.165) is 6.42 Å². The average Bonchev–Trinajstić information content (AvgIpc) is 2.82. The van der Waals surface area contributed by atoms with Crippen LogP contribution in [-0.2, 0) is 9.53 Å². The lowest BCUT2D eigenvalue weighted by Gasteiger charge is -2.20. The van der Waals surface area contributed by atoms with Gasteiger partial charge < -0.3 is 19.4 Å². The number of carbonyl (C=O) groups excluding carboxylic acids is 2. The van der Waals surface area contributed by atoms with Gasteiger partial charge in [0.25, 0.3) is 5.91 Å². The van der Waals surface area contributed by atoms with Crippen LogP contribution in [0.4, 0.5) is 0 Å². The quantitative estimate of drug-likeness (QED) is 0.707. The molecule has 0 aliphatic rings. The predicted octanol–water partition coefficient (Wildman–Crippen LogP) is 1.90. The Morgan fingerprint density at radius 3 is 2.64 bits per heavy atom. The predicted molar refractivity (Wildman–Crippen MR) is 83.9 cm³/mol. The zero-order valence-corrected chi connectivity index (χ0v) is 13.9. The molecule has 2 amide bonds. The molecule has 0 atom stereocenters. The molecule has 1 aromatic heterocycles. The van der Waals surface area contributed by atoms with Crippen LogP contribution >= 0.6 is 0 Å². The van der Waals surface area contributed by atoms with Gasteiger partial charge in [-0.3, -0.25) is 9.59 Å². The molecule has 0 aliphatic heterocycles. The second-order valence-electron chi connectivity index (χ2n) is 5.16. The van der Waals surface area contributed by atoms with Gasteiger partial charge in [-0.2, -0.15) is 0 Å². The highest BCUT2D eigenvalue weighted by Gasteiger charge is 2.19. The molecule has 0 aromatic carbocycles. The first-order valence-corrected chi connectivity index (χ1v) is 7.61. The van der Waals surface area contributed by atoms with Crippen LogP contribution in [0, 0.1) is 13.8 Å². The summed E-state index contributed by atoms with van der Waals surface area (Å²) in [5.74, 6) is 1.18. The van der Waals surface area contributed by atoms with Crippen LogP contribution in [0.2, 0.25) is 0 Å². The Balaban J connectivity index is 2.46. The summed E-state index contributed by atoms with van der Waals surface area (Å²) in [7, 11) is 1.63. The molecule has 0 saturated carbocycles. The van der Waals surface area contributed by atoms with E-state index in [9.17, 15) is 9.59 Å². The first-order chi connectivity index (χ1) is 10.5. The molecule has 6 nitrogen and oxygen atoms in total. The third-order valence-corrected chi connectivity index (χ3v) is 3.40. The Morgan fingerprint density at radius 2 is 2.09 bits per heavy atom. The third kappa shape index (κ3) is 5.52. The number of nitrogens with zero attached hydrogens (tertiary/aromatic N) is 1.